The van der Waals surface area contributed by atoms with Crippen LogP contribution in [0.3, 0.4) is 0 Å². The molecule has 1 amide bonds. The van der Waals surface area contributed by atoms with E-state index < -0.39 is 0 Å². The molecule has 0 fully saturated rings. The Labute approximate surface area is 141 Å². The Morgan fingerprint density at radius 2 is 1.96 bits per heavy atom. The fourth-order valence-electron chi connectivity index (χ4n) is 2.46. The van der Waals surface area contributed by atoms with Gasteiger partial charge < -0.3 is 9.88 Å². The van der Waals surface area contributed by atoms with E-state index in [-0.39, 0.29) is 17.9 Å². The predicted octanol–water partition coefficient (Wildman–Crippen LogP) is 3.71. The fourth-order valence-corrected chi connectivity index (χ4v) is 3.06. The monoisotopic (exact) mass is 370 g/mol. The third kappa shape index (κ3) is 3.35. The number of rotatable bonds is 3. The second kappa shape index (κ2) is 6.38. The molecule has 0 spiro atoms. The number of nitrogens with one attached hydrogen (secondary N) is 1. The molecule has 0 radical (unpaired) electrons. The van der Waals surface area contributed by atoms with Crippen molar-refractivity contribution >= 4 is 38.4 Å². The van der Waals surface area contributed by atoms with E-state index in [1.165, 1.54) is 6.07 Å². The molecule has 3 aromatic rings. The lowest BCUT2D eigenvalue weighted by atomic mass is 10.2. The van der Waals surface area contributed by atoms with Crippen molar-refractivity contribution in [3.05, 3.63) is 75.0 Å². The third-order valence-electron chi connectivity index (χ3n) is 3.60. The number of aryl methyl sites for hydroxylation is 1. The topological polar surface area (TPSA) is 51.1 Å². The molecule has 0 aliphatic rings. The van der Waals surface area contributed by atoms with E-state index in [1.54, 1.807) is 16.8 Å². The average molecular weight is 371 g/mol. The first kappa shape index (κ1) is 15.5. The Hall–Kier alpha value is -2.40. The van der Waals surface area contributed by atoms with Gasteiger partial charge in [0.2, 0.25) is 5.91 Å². The number of halogens is 1. The average Bonchev–Trinajstić information content (AvgIpc) is 2.53. The van der Waals surface area contributed by atoms with Gasteiger partial charge in [-0.25, -0.2) is 0 Å². The highest BCUT2D eigenvalue weighted by atomic mass is 79.9. The van der Waals surface area contributed by atoms with Gasteiger partial charge in [0.1, 0.15) is 6.54 Å². The predicted molar refractivity (Wildman–Crippen MR) is 95.7 cm³/mol. The summed E-state index contributed by atoms with van der Waals surface area (Å²) in [5.74, 6) is -0.150. The zero-order chi connectivity index (χ0) is 16.4. The number of aromatic nitrogens is 1. The Morgan fingerprint density at radius 1 is 1.17 bits per heavy atom. The largest absolute Gasteiger partial charge is 0.338 e. The van der Waals surface area contributed by atoms with Crippen molar-refractivity contribution in [1.29, 1.82) is 0 Å². The van der Waals surface area contributed by atoms with Crippen LogP contribution in [0.15, 0.2) is 64.0 Å². The first-order chi connectivity index (χ1) is 11.0. The van der Waals surface area contributed by atoms with Crippen molar-refractivity contribution in [1.82, 2.24) is 4.57 Å². The summed E-state index contributed by atoms with van der Waals surface area (Å²) in [7, 11) is 0. The molecular weight excluding hydrogens is 356 g/mol. The van der Waals surface area contributed by atoms with Crippen LogP contribution in [0.5, 0.6) is 0 Å². The molecule has 1 N–H and O–H groups in total. The standard InChI is InChI=1S/C18H15BrN2O2/c1-12-6-7-15(14(19)10-12)20-18(23)11-21-9-8-17(22)13-4-2-3-5-16(13)21/h2-10H,11H2,1H3,(H,20,23). The zero-order valence-electron chi connectivity index (χ0n) is 12.5. The number of hydrogen-bond acceptors (Lipinski definition) is 2. The molecule has 1 aromatic heterocycles. The van der Waals surface area contributed by atoms with Crippen molar-refractivity contribution in [3.63, 3.8) is 0 Å². The molecule has 0 bridgehead atoms. The molecule has 4 nitrogen and oxygen atoms in total. The van der Waals surface area contributed by atoms with E-state index in [0.717, 1.165) is 21.2 Å². The van der Waals surface area contributed by atoms with E-state index in [2.05, 4.69) is 21.2 Å². The molecule has 2 aromatic carbocycles. The minimum atomic E-state index is -0.150. The molecule has 23 heavy (non-hydrogen) atoms. The van der Waals surface area contributed by atoms with Gasteiger partial charge in [-0.05, 0) is 52.7 Å². The summed E-state index contributed by atoms with van der Waals surface area (Å²) in [6.07, 6.45) is 1.65. The quantitative estimate of drug-likeness (QED) is 0.763. The summed E-state index contributed by atoms with van der Waals surface area (Å²) < 4.78 is 2.62. The zero-order valence-corrected chi connectivity index (χ0v) is 14.1. The fraction of sp³-hybridized carbons (Fsp3) is 0.111. The maximum Gasteiger partial charge on any atom is 0.244 e. The van der Waals surface area contributed by atoms with Crippen LogP contribution < -0.4 is 10.7 Å². The van der Waals surface area contributed by atoms with E-state index >= 15 is 0 Å². The van der Waals surface area contributed by atoms with E-state index in [9.17, 15) is 9.59 Å². The summed E-state index contributed by atoms with van der Waals surface area (Å²) in [6, 6.07) is 14.5. The maximum atomic E-state index is 12.3. The molecule has 3 rings (SSSR count). The van der Waals surface area contributed by atoms with E-state index in [4.69, 9.17) is 0 Å². The Kier molecular flexibility index (Phi) is 4.30. The normalized spacial score (nSPS) is 10.7. The lowest BCUT2D eigenvalue weighted by Crippen LogP contribution is -2.20. The molecule has 0 unspecified atom stereocenters. The molecule has 5 heteroatoms. The van der Waals surface area contributed by atoms with Crippen LogP contribution in [0, 0.1) is 6.92 Å². The van der Waals surface area contributed by atoms with Crippen LogP contribution >= 0.6 is 15.9 Å². The molecule has 116 valence electrons. The Balaban J connectivity index is 1.86. The smallest absolute Gasteiger partial charge is 0.244 e. The van der Waals surface area contributed by atoms with Gasteiger partial charge in [-0.15, -0.1) is 0 Å². The summed E-state index contributed by atoms with van der Waals surface area (Å²) in [5, 5.41) is 3.49. The number of fused-ring (bicyclic) bond motifs is 1. The lowest BCUT2D eigenvalue weighted by Gasteiger charge is -2.12. The summed E-state index contributed by atoms with van der Waals surface area (Å²) in [6.45, 7) is 2.13. The number of carbonyl (C=O) groups excluding carboxylic acids is 1. The van der Waals surface area contributed by atoms with Gasteiger partial charge in [-0.2, -0.15) is 0 Å². The lowest BCUT2D eigenvalue weighted by molar-refractivity contribution is -0.116. The Morgan fingerprint density at radius 3 is 2.74 bits per heavy atom. The van der Waals surface area contributed by atoms with Crippen molar-refractivity contribution in [2.24, 2.45) is 0 Å². The van der Waals surface area contributed by atoms with Crippen molar-refractivity contribution in [3.8, 4) is 0 Å². The number of para-hydroxylation sites is 1. The molecule has 0 saturated heterocycles. The number of amides is 1. The first-order valence-electron chi connectivity index (χ1n) is 7.19. The minimum Gasteiger partial charge on any atom is -0.338 e. The summed E-state index contributed by atoms with van der Waals surface area (Å²) >= 11 is 3.45. The molecule has 1 heterocycles. The molecule has 0 aliphatic carbocycles. The van der Waals surface area contributed by atoms with Crippen molar-refractivity contribution < 1.29 is 4.79 Å². The van der Waals surface area contributed by atoms with Gasteiger partial charge in [-0.1, -0.05) is 18.2 Å². The first-order valence-corrected chi connectivity index (χ1v) is 7.98. The SMILES string of the molecule is Cc1ccc(NC(=O)Cn2ccc(=O)c3ccccc32)c(Br)c1. The van der Waals surface area contributed by atoms with Crippen LogP contribution in [0.1, 0.15) is 5.56 Å². The van der Waals surface area contributed by atoms with Gasteiger partial charge in [0.25, 0.3) is 0 Å². The second-order valence-corrected chi connectivity index (χ2v) is 6.21. The number of nitrogens with zero attached hydrogens (tertiary/aromatic N) is 1. The molecular formula is C18H15BrN2O2. The van der Waals surface area contributed by atoms with Crippen LogP contribution in [0.4, 0.5) is 5.69 Å². The molecule has 0 aliphatic heterocycles. The van der Waals surface area contributed by atoms with E-state index in [0.29, 0.717) is 5.39 Å². The third-order valence-corrected chi connectivity index (χ3v) is 4.25. The highest BCUT2D eigenvalue weighted by Gasteiger charge is 2.09. The van der Waals surface area contributed by atoms with Crippen LogP contribution in [0.2, 0.25) is 0 Å². The second-order valence-electron chi connectivity index (χ2n) is 5.36. The number of hydrogen-bond donors (Lipinski definition) is 1. The van der Waals surface area contributed by atoms with Gasteiger partial charge in [0.15, 0.2) is 5.43 Å². The van der Waals surface area contributed by atoms with Gasteiger partial charge >= 0.3 is 0 Å². The minimum absolute atomic E-state index is 0.0430. The van der Waals surface area contributed by atoms with Gasteiger partial charge in [-0.3, -0.25) is 9.59 Å². The van der Waals surface area contributed by atoms with Gasteiger partial charge in [0.05, 0.1) is 11.2 Å². The highest BCUT2D eigenvalue weighted by molar-refractivity contribution is 9.10. The number of pyridine rings is 1. The van der Waals surface area contributed by atoms with Crippen LogP contribution in [-0.4, -0.2) is 10.5 Å². The van der Waals surface area contributed by atoms with E-state index in [1.807, 2.05) is 43.3 Å². The Bertz CT molecular complexity index is 947. The summed E-state index contributed by atoms with van der Waals surface area (Å²) in [4.78, 5) is 24.2. The van der Waals surface area contributed by atoms with Crippen molar-refractivity contribution in [2.45, 2.75) is 13.5 Å². The molecule has 0 atom stereocenters. The highest BCUT2D eigenvalue weighted by Crippen LogP contribution is 2.23. The van der Waals surface area contributed by atoms with Crippen LogP contribution in [0.25, 0.3) is 10.9 Å². The maximum absolute atomic E-state index is 12.3. The number of carbonyl (C=O) groups is 1. The number of anilines is 1. The van der Waals surface area contributed by atoms with Gasteiger partial charge in [0, 0.05) is 22.1 Å². The number of benzene rings is 2. The van der Waals surface area contributed by atoms with Crippen LogP contribution in [-0.2, 0) is 11.3 Å². The summed E-state index contributed by atoms with van der Waals surface area (Å²) in [5.41, 5.74) is 2.55. The molecule has 0 saturated carbocycles. The van der Waals surface area contributed by atoms with Crippen molar-refractivity contribution in [2.75, 3.05) is 5.32 Å².